The smallest absolute Gasteiger partial charge is 0.317 e. The molecule has 2 saturated carbocycles. The summed E-state index contributed by atoms with van der Waals surface area (Å²) in [5.74, 6) is -0.613. The molecule has 2 fully saturated rings. The fourth-order valence-electron chi connectivity index (χ4n) is 3.22. The number of carboxylic acids is 1. The fraction of sp³-hybridized carbons (Fsp3) is 0.529. The van der Waals surface area contributed by atoms with Crippen LogP contribution < -0.4 is 5.32 Å². The molecule has 8 nitrogen and oxygen atoms in total. The second-order valence-corrected chi connectivity index (χ2v) is 7.39. The molecule has 2 N–H and O–H groups in total. The molecule has 1 aromatic carbocycles. The Morgan fingerprint density at radius 2 is 2.04 bits per heavy atom. The zero-order chi connectivity index (χ0) is 18.8. The first kappa shape index (κ1) is 18.6. The number of nitrogens with one attached hydrogen (secondary N) is 1. The van der Waals surface area contributed by atoms with E-state index in [4.69, 9.17) is 16.7 Å². The van der Waals surface area contributed by atoms with E-state index in [1.54, 1.807) is 0 Å². The number of rotatable bonds is 8. The zero-order valence-corrected chi connectivity index (χ0v) is 14.8. The minimum Gasteiger partial charge on any atom is -0.480 e. The Labute approximate surface area is 155 Å². The minimum absolute atomic E-state index is 0.0238. The number of carbonyl (C=O) groups excluding carboxylic acids is 1. The summed E-state index contributed by atoms with van der Waals surface area (Å²) in [5.41, 5.74) is 0.0285. The fourth-order valence-corrected chi connectivity index (χ4v) is 3.48. The molecule has 1 amide bonds. The summed E-state index contributed by atoms with van der Waals surface area (Å²) in [6.07, 6.45) is 3.69. The summed E-state index contributed by atoms with van der Waals surface area (Å²) in [5, 5.41) is 22.7. The van der Waals surface area contributed by atoms with E-state index >= 15 is 0 Å². The van der Waals surface area contributed by atoms with Crippen molar-refractivity contribution in [3.05, 3.63) is 38.9 Å². The Bertz CT molecular complexity index is 731. The van der Waals surface area contributed by atoms with E-state index in [1.807, 2.05) is 4.90 Å². The number of carbonyl (C=O) groups is 2. The molecule has 0 saturated heterocycles. The lowest BCUT2D eigenvalue weighted by Crippen LogP contribution is -2.55. The van der Waals surface area contributed by atoms with Crippen molar-refractivity contribution >= 4 is 29.2 Å². The number of hydrogen-bond donors (Lipinski definition) is 2. The third kappa shape index (κ3) is 4.50. The van der Waals surface area contributed by atoms with Gasteiger partial charge in [-0.05, 0) is 37.7 Å². The van der Waals surface area contributed by atoms with Crippen LogP contribution in [0.4, 0.5) is 5.69 Å². The van der Waals surface area contributed by atoms with Crippen LogP contribution in [-0.2, 0) is 4.79 Å². The summed E-state index contributed by atoms with van der Waals surface area (Å²) in [6.45, 7) is 0.821. The van der Waals surface area contributed by atoms with Gasteiger partial charge in [-0.3, -0.25) is 24.6 Å². The van der Waals surface area contributed by atoms with Gasteiger partial charge in [0, 0.05) is 30.8 Å². The van der Waals surface area contributed by atoms with E-state index in [1.165, 1.54) is 12.1 Å². The van der Waals surface area contributed by atoms with Crippen LogP contribution in [0.2, 0.25) is 5.02 Å². The van der Waals surface area contributed by atoms with Crippen LogP contribution in [0.1, 0.15) is 36.0 Å². The second kappa shape index (κ2) is 7.59. The monoisotopic (exact) mass is 381 g/mol. The Kier molecular flexibility index (Phi) is 5.43. The average molecular weight is 382 g/mol. The lowest BCUT2D eigenvalue weighted by atomic mass is 9.85. The Morgan fingerprint density at radius 3 is 2.58 bits per heavy atom. The SMILES string of the molecule is O=C(O)CN(CC1CC1)C1CC(NC(=O)c2ccc([N+](=O)[O-])cc2Cl)C1. The second-order valence-electron chi connectivity index (χ2n) is 6.98. The van der Waals surface area contributed by atoms with Gasteiger partial charge < -0.3 is 10.4 Å². The molecule has 0 aliphatic heterocycles. The van der Waals surface area contributed by atoms with Crippen molar-refractivity contribution in [2.24, 2.45) is 5.92 Å². The molecule has 0 aromatic heterocycles. The zero-order valence-electron chi connectivity index (χ0n) is 14.1. The highest BCUT2D eigenvalue weighted by Crippen LogP contribution is 2.34. The van der Waals surface area contributed by atoms with Gasteiger partial charge in [-0.2, -0.15) is 0 Å². The lowest BCUT2D eigenvalue weighted by Gasteiger charge is -2.42. The predicted molar refractivity (Wildman–Crippen MR) is 94.3 cm³/mol. The highest BCUT2D eigenvalue weighted by Gasteiger charge is 2.38. The highest BCUT2D eigenvalue weighted by molar-refractivity contribution is 6.34. The first-order chi connectivity index (χ1) is 12.3. The normalized spacial score (nSPS) is 21.9. The number of carboxylic acid groups (broad SMARTS) is 1. The van der Waals surface area contributed by atoms with Crippen molar-refractivity contribution < 1.29 is 19.6 Å². The summed E-state index contributed by atoms with van der Waals surface area (Å²) >= 11 is 5.97. The Morgan fingerprint density at radius 1 is 1.35 bits per heavy atom. The molecule has 2 aliphatic rings. The molecule has 1 aromatic rings. The van der Waals surface area contributed by atoms with Crippen LogP contribution in [0.15, 0.2) is 18.2 Å². The van der Waals surface area contributed by atoms with E-state index in [0.717, 1.165) is 25.5 Å². The van der Waals surface area contributed by atoms with Gasteiger partial charge in [-0.15, -0.1) is 0 Å². The molecule has 9 heteroatoms. The van der Waals surface area contributed by atoms with Crippen LogP contribution in [0.3, 0.4) is 0 Å². The Balaban J connectivity index is 1.53. The highest BCUT2D eigenvalue weighted by atomic mass is 35.5. The van der Waals surface area contributed by atoms with Crippen molar-refractivity contribution in [1.29, 1.82) is 0 Å². The van der Waals surface area contributed by atoms with Crippen molar-refractivity contribution in [1.82, 2.24) is 10.2 Å². The topological polar surface area (TPSA) is 113 Å². The maximum Gasteiger partial charge on any atom is 0.317 e. The molecule has 0 spiro atoms. The van der Waals surface area contributed by atoms with Crippen LogP contribution in [-0.4, -0.2) is 52.0 Å². The molecule has 0 radical (unpaired) electrons. The van der Waals surface area contributed by atoms with Gasteiger partial charge >= 0.3 is 5.97 Å². The van der Waals surface area contributed by atoms with Gasteiger partial charge in [0.25, 0.3) is 11.6 Å². The molecule has 0 unspecified atom stereocenters. The number of nitrogens with zero attached hydrogens (tertiary/aromatic N) is 2. The number of benzene rings is 1. The molecular weight excluding hydrogens is 362 g/mol. The van der Waals surface area contributed by atoms with Crippen LogP contribution in [0, 0.1) is 16.0 Å². The summed E-state index contributed by atoms with van der Waals surface area (Å²) in [7, 11) is 0. The lowest BCUT2D eigenvalue weighted by molar-refractivity contribution is -0.384. The molecule has 26 heavy (non-hydrogen) atoms. The van der Waals surface area contributed by atoms with Crippen molar-refractivity contribution in [3.63, 3.8) is 0 Å². The van der Waals surface area contributed by atoms with E-state index in [-0.39, 0.29) is 40.8 Å². The van der Waals surface area contributed by atoms with Crippen LogP contribution in [0.5, 0.6) is 0 Å². The van der Waals surface area contributed by atoms with E-state index < -0.39 is 10.9 Å². The van der Waals surface area contributed by atoms with Gasteiger partial charge in [-0.25, -0.2) is 0 Å². The summed E-state index contributed by atoms with van der Waals surface area (Å²) < 4.78 is 0. The third-order valence-electron chi connectivity index (χ3n) is 4.90. The van der Waals surface area contributed by atoms with Crippen molar-refractivity contribution in [2.45, 2.75) is 37.8 Å². The third-order valence-corrected chi connectivity index (χ3v) is 5.21. The van der Waals surface area contributed by atoms with E-state index in [9.17, 15) is 19.7 Å². The van der Waals surface area contributed by atoms with E-state index in [2.05, 4.69) is 5.32 Å². The molecule has 140 valence electrons. The number of halogens is 1. The van der Waals surface area contributed by atoms with E-state index in [0.29, 0.717) is 18.8 Å². The molecular formula is C17H20ClN3O5. The Hall–Kier alpha value is -2.19. The maximum atomic E-state index is 12.3. The average Bonchev–Trinajstić information content (AvgIpc) is 3.32. The maximum absolute atomic E-state index is 12.3. The number of nitro groups is 1. The van der Waals surface area contributed by atoms with Gasteiger partial charge in [-0.1, -0.05) is 11.6 Å². The van der Waals surface area contributed by atoms with Gasteiger partial charge in [0.1, 0.15) is 0 Å². The first-order valence-electron chi connectivity index (χ1n) is 8.54. The summed E-state index contributed by atoms with van der Waals surface area (Å²) in [6, 6.07) is 3.85. The van der Waals surface area contributed by atoms with Gasteiger partial charge in [0.05, 0.1) is 22.1 Å². The van der Waals surface area contributed by atoms with Gasteiger partial charge in [0.2, 0.25) is 0 Å². The number of nitro benzene ring substituents is 1. The number of aliphatic carboxylic acids is 1. The number of hydrogen-bond acceptors (Lipinski definition) is 5. The molecule has 3 rings (SSSR count). The molecule has 0 heterocycles. The first-order valence-corrected chi connectivity index (χ1v) is 8.92. The predicted octanol–water partition coefficient (Wildman–Crippen LogP) is 2.31. The molecule has 0 atom stereocenters. The number of amides is 1. The summed E-state index contributed by atoms with van der Waals surface area (Å²) in [4.78, 5) is 35.5. The van der Waals surface area contributed by atoms with Crippen LogP contribution in [0.25, 0.3) is 0 Å². The number of non-ortho nitro benzene ring substituents is 1. The van der Waals surface area contributed by atoms with Crippen molar-refractivity contribution in [2.75, 3.05) is 13.1 Å². The minimum atomic E-state index is -0.837. The largest absolute Gasteiger partial charge is 0.480 e. The molecule has 0 bridgehead atoms. The standard InChI is InChI=1S/C17H20ClN3O5/c18-15-7-12(21(25)26)3-4-14(15)17(24)19-11-5-13(6-11)20(9-16(22)23)8-10-1-2-10/h3-4,7,10-11,13H,1-2,5-6,8-9H2,(H,19,24)(H,22,23). The molecule has 2 aliphatic carbocycles. The van der Waals surface area contributed by atoms with Crippen LogP contribution >= 0.6 is 11.6 Å². The van der Waals surface area contributed by atoms with Crippen molar-refractivity contribution in [3.8, 4) is 0 Å². The quantitative estimate of drug-likeness (QED) is 0.527. The van der Waals surface area contributed by atoms with Gasteiger partial charge in [0.15, 0.2) is 0 Å².